The lowest BCUT2D eigenvalue weighted by Crippen LogP contribution is -1.80. The molecule has 0 amide bonds. The molecule has 0 radical (unpaired) electrons. The third-order valence-corrected chi connectivity index (χ3v) is 2.79. The zero-order valence-electron chi connectivity index (χ0n) is 9.37. The van der Waals surface area contributed by atoms with Crippen LogP contribution in [0.4, 0.5) is 4.39 Å². The Balaban J connectivity index is 2.18. The van der Waals surface area contributed by atoms with Crippen LogP contribution in [0.5, 0.6) is 0 Å². The van der Waals surface area contributed by atoms with E-state index in [4.69, 9.17) is 0 Å². The van der Waals surface area contributed by atoms with Crippen LogP contribution < -0.4 is 0 Å². The third kappa shape index (κ3) is 1.69. The molecule has 0 aliphatic carbocycles. The van der Waals surface area contributed by atoms with E-state index in [0.717, 1.165) is 11.1 Å². The lowest BCUT2D eigenvalue weighted by Gasteiger charge is -1.96. The molecule has 84 valence electrons. The number of nitrogens with one attached hydrogen (secondary N) is 1. The first-order valence-electron chi connectivity index (χ1n) is 5.45. The van der Waals surface area contributed by atoms with Crippen LogP contribution in [0.15, 0.2) is 42.5 Å². The van der Waals surface area contributed by atoms with Gasteiger partial charge in [0.25, 0.3) is 0 Å². The lowest BCUT2D eigenvalue weighted by atomic mass is 10.1. The molecule has 0 unspecified atom stereocenters. The molecule has 0 atom stereocenters. The fourth-order valence-electron chi connectivity index (χ4n) is 1.85. The molecule has 0 bridgehead atoms. The smallest absolute Gasteiger partial charge is 0.151 e. The van der Waals surface area contributed by atoms with E-state index < -0.39 is 0 Å². The number of para-hydroxylation sites is 1. The van der Waals surface area contributed by atoms with Crippen LogP contribution in [-0.2, 0) is 0 Å². The van der Waals surface area contributed by atoms with Gasteiger partial charge in [0.15, 0.2) is 5.82 Å². The van der Waals surface area contributed by atoms with E-state index in [1.54, 1.807) is 6.07 Å². The average molecular weight is 226 g/mol. The summed E-state index contributed by atoms with van der Waals surface area (Å²) < 4.78 is 13.5. The Morgan fingerprint density at radius 3 is 2.53 bits per heavy atom. The van der Waals surface area contributed by atoms with Gasteiger partial charge in [0.05, 0.1) is 5.52 Å². The highest BCUT2D eigenvalue weighted by atomic mass is 19.1. The average Bonchev–Trinajstić information content (AvgIpc) is 2.75. The number of benzene rings is 2. The maximum atomic E-state index is 13.5. The minimum Gasteiger partial charge on any atom is -0.338 e. The summed E-state index contributed by atoms with van der Waals surface area (Å²) in [6.45, 7) is 2.03. The molecule has 3 heteroatoms. The van der Waals surface area contributed by atoms with Gasteiger partial charge in [0.1, 0.15) is 11.3 Å². The van der Waals surface area contributed by atoms with Crippen molar-refractivity contribution in [1.29, 1.82) is 0 Å². The standard InChI is InChI=1S/C14H11FN2/c1-9-5-7-10(8-6-9)14-16-12-4-2-3-11(15)13(12)17-14/h2-8H,1H3,(H,16,17). The highest BCUT2D eigenvalue weighted by molar-refractivity contribution is 5.79. The number of hydrogen-bond donors (Lipinski definition) is 1. The topological polar surface area (TPSA) is 28.7 Å². The molecule has 0 aliphatic heterocycles. The van der Waals surface area contributed by atoms with Crippen LogP contribution in [0.1, 0.15) is 5.56 Å². The number of aromatic amines is 1. The summed E-state index contributed by atoms with van der Waals surface area (Å²) in [7, 11) is 0. The van der Waals surface area contributed by atoms with Gasteiger partial charge in [0.2, 0.25) is 0 Å². The number of halogens is 1. The van der Waals surface area contributed by atoms with Crippen molar-refractivity contribution in [3.05, 3.63) is 53.8 Å². The van der Waals surface area contributed by atoms with E-state index in [2.05, 4.69) is 9.97 Å². The van der Waals surface area contributed by atoms with Crippen LogP contribution in [0.2, 0.25) is 0 Å². The van der Waals surface area contributed by atoms with Gasteiger partial charge < -0.3 is 4.98 Å². The molecule has 1 heterocycles. The highest BCUT2D eigenvalue weighted by Gasteiger charge is 2.07. The first-order chi connectivity index (χ1) is 8.24. The van der Waals surface area contributed by atoms with Crippen LogP contribution in [0, 0.1) is 12.7 Å². The molecule has 1 aromatic heterocycles. The van der Waals surface area contributed by atoms with E-state index in [-0.39, 0.29) is 5.82 Å². The Labute approximate surface area is 98.1 Å². The first kappa shape index (κ1) is 10.0. The van der Waals surface area contributed by atoms with Crippen molar-refractivity contribution < 1.29 is 4.39 Å². The fourth-order valence-corrected chi connectivity index (χ4v) is 1.85. The van der Waals surface area contributed by atoms with Gasteiger partial charge in [0, 0.05) is 5.56 Å². The molecule has 0 saturated carbocycles. The normalized spacial score (nSPS) is 10.9. The monoisotopic (exact) mass is 226 g/mol. The number of nitrogens with zero attached hydrogens (tertiary/aromatic N) is 1. The predicted molar refractivity (Wildman–Crippen MR) is 66.2 cm³/mol. The molecule has 2 nitrogen and oxygen atoms in total. The molecule has 3 aromatic rings. The first-order valence-corrected chi connectivity index (χ1v) is 5.45. The van der Waals surface area contributed by atoms with Crippen LogP contribution in [-0.4, -0.2) is 9.97 Å². The third-order valence-electron chi connectivity index (χ3n) is 2.79. The van der Waals surface area contributed by atoms with Crippen LogP contribution in [0.25, 0.3) is 22.4 Å². The molecule has 0 fully saturated rings. The number of aromatic nitrogens is 2. The number of aryl methyl sites for hydroxylation is 1. The van der Waals surface area contributed by atoms with Crippen molar-refractivity contribution in [1.82, 2.24) is 9.97 Å². The second-order valence-electron chi connectivity index (χ2n) is 4.09. The summed E-state index contributed by atoms with van der Waals surface area (Å²) in [6.07, 6.45) is 0. The quantitative estimate of drug-likeness (QED) is 0.673. The Morgan fingerprint density at radius 2 is 1.82 bits per heavy atom. The van der Waals surface area contributed by atoms with Crippen molar-refractivity contribution in [2.45, 2.75) is 6.92 Å². The minimum atomic E-state index is -0.294. The van der Waals surface area contributed by atoms with E-state index in [1.807, 2.05) is 37.3 Å². The van der Waals surface area contributed by atoms with E-state index in [1.165, 1.54) is 11.6 Å². The van der Waals surface area contributed by atoms with E-state index in [9.17, 15) is 4.39 Å². The van der Waals surface area contributed by atoms with E-state index in [0.29, 0.717) is 11.3 Å². The van der Waals surface area contributed by atoms with Gasteiger partial charge in [-0.15, -0.1) is 0 Å². The Bertz CT molecular complexity index is 668. The maximum Gasteiger partial charge on any atom is 0.151 e. The van der Waals surface area contributed by atoms with Crippen molar-refractivity contribution >= 4 is 11.0 Å². The number of H-pyrrole nitrogens is 1. The molecule has 2 aromatic carbocycles. The second-order valence-corrected chi connectivity index (χ2v) is 4.09. The van der Waals surface area contributed by atoms with E-state index >= 15 is 0 Å². The van der Waals surface area contributed by atoms with Gasteiger partial charge in [-0.2, -0.15) is 0 Å². The van der Waals surface area contributed by atoms with Crippen LogP contribution in [0.3, 0.4) is 0 Å². The van der Waals surface area contributed by atoms with Gasteiger partial charge in [-0.3, -0.25) is 0 Å². The lowest BCUT2D eigenvalue weighted by molar-refractivity contribution is 0.637. The zero-order chi connectivity index (χ0) is 11.8. The molecule has 0 spiro atoms. The molecule has 1 N–H and O–H groups in total. The summed E-state index contributed by atoms with van der Waals surface area (Å²) in [6, 6.07) is 12.9. The molecular weight excluding hydrogens is 215 g/mol. The van der Waals surface area contributed by atoms with Gasteiger partial charge >= 0.3 is 0 Å². The molecular formula is C14H11FN2. The largest absolute Gasteiger partial charge is 0.338 e. The van der Waals surface area contributed by atoms with Crippen molar-refractivity contribution in [2.75, 3.05) is 0 Å². The number of hydrogen-bond acceptors (Lipinski definition) is 1. The Kier molecular flexibility index (Phi) is 2.18. The summed E-state index contributed by atoms with van der Waals surface area (Å²) in [5.41, 5.74) is 3.27. The Hall–Kier alpha value is -2.16. The van der Waals surface area contributed by atoms with Crippen molar-refractivity contribution in [3.63, 3.8) is 0 Å². The number of imidazole rings is 1. The minimum absolute atomic E-state index is 0.294. The summed E-state index contributed by atoms with van der Waals surface area (Å²) in [5.74, 6) is 0.405. The van der Waals surface area contributed by atoms with Gasteiger partial charge in [-0.25, -0.2) is 9.37 Å². The molecule has 17 heavy (non-hydrogen) atoms. The van der Waals surface area contributed by atoms with Crippen LogP contribution >= 0.6 is 0 Å². The fraction of sp³-hybridized carbons (Fsp3) is 0.0714. The second kappa shape index (κ2) is 3.70. The SMILES string of the molecule is Cc1ccc(-c2nc3c(F)cccc3[nH]2)cc1. The number of fused-ring (bicyclic) bond motifs is 1. The van der Waals surface area contributed by atoms with Gasteiger partial charge in [-0.05, 0) is 19.1 Å². The van der Waals surface area contributed by atoms with Crippen molar-refractivity contribution in [3.8, 4) is 11.4 Å². The predicted octanol–water partition coefficient (Wildman–Crippen LogP) is 3.68. The summed E-state index contributed by atoms with van der Waals surface area (Å²) in [4.78, 5) is 7.40. The zero-order valence-corrected chi connectivity index (χ0v) is 9.37. The Morgan fingerprint density at radius 1 is 1.06 bits per heavy atom. The highest BCUT2D eigenvalue weighted by Crippen LogP contribution is 2.22. The summed E-state index contributed by atoms with van der Waals surface area (Å²) >= 11 is 0. The summed E-state index contributed by atoms with van der Waals surface area (Å²) in [5, 5.41) is 0. The molecule has 3 rings (SSSR count). The maximum absolute atomic E-state index is 13.5. The van der Waals surface area contributed by atoms with Gasteiger partial charge in [-0.1, -0.05) is 35.9 Å². The number of rotatable bonds is 1. The molecule has 0 saturated heterocycles. The van der Waals surface area contributed by atoms with Crippen molar-refractivity contribution in [2.24, 2.45) is 0 Å². The molecule has 0 aliphatic rings.